The van der Waals surface area contributed by atoms with Gasteiger partial charge in [0.15, 0.2) is 0 Å². The van der Waals surface area contributed by atoms with Crippen molar-refractivity contribution in [3.05, 3.63) is 42.1 Å². The molecule has 0 bridgehead atoms. The SMILES string of the molecule is CCc1ccc(-n2ccc(N)n2)cc1. The maximum atomic E-state index is 5.54. The average molecular weight is 187 g/mol. The van der Waals surface area contributed by atoms with Crippen LogP contribution in [0.15, 0.2) is 36.5 Å². The summed E-state index contributed by atoms with van der Waals surface area (Å²) in [7, 11) is 0. The normalized spacial score (nSPS) is 10.4. The topological polar surface area (TPSA) is 43.8 Å². The number of aromatic nitrogens is 2. The first-order valence-electron chi connectivity index (χ1n) is 4.70. The third kappa shape index (κ3) is 1.62. The zero-order chi connectivity index (χ0) is 9.97. The van der Waals surface area contributed by atoms with Crippen LogP contribution in [0.1, 0.15) is 12.5 Å². The van der Waals surface area contributed by atoms with E-state index in [1.54, 1.807) is 10.7 Å². The van der Waals surface area contributed by atoms with Crippen molar-refractivity contribution in [1.29, 1.82) is 0 Å². The van der Waals surface area contributed by atoms with Gasteiger partial charge >= 0.3 is 0 Å². The van der Waals surface area contributed by atoms with Crippen LogP contribution in [0.25, 0.3) is 5.69 Å². The molecule has 0 aliphatic heterocycles. The minimum Gasteiger partial charge on any atom is -0.382 e. The highest BCUT2D eigenvalue weighted by Gasteiger charge is 1.97. The predicted molar refractivity (Wildman–Crippen MR) is 57.4 cm³/mol. The van der Waals surface area contributed by atoms with Crippen molar-refractivity contribution in [2.24, 2.45) is 0 Å². The number of rotatable bonds is 2. The molecule has 0 aliphatic carbocycles. The molecule has 0 amide bonds. The summed E-state index contributed by atoms with van der Waals surface area (Å²) in [6.45, 7) is 2.14. The van der Waals surface area contributed by atoms with Crippen molar-refractivity contribution in [2.45, 2.75) is 13.3 Å². The van der Waals surface area contributed by atoms with E-state index in [-0.39, 0.29) is 0 Å². The van der Waals surface area contributed by atoms with Crippen molar-refractivity contribution < 1.29 is 0 Å². The molecule has 1 aromatic carbocycles. The molecule has 0 fully saturated rings. The van der Waals surface area contributed by atoms with Gasteiger partial charge in [0.2, 0.25) is 0 Å². The average Bonchev–Trinajstić information content (AvgIpc) is 2.65. The van der Waals surface area contributed by atoms with Crippen LogP contribution in [0.2, 0.25) is 0 Å². The van der Waals surface area contributed by atoms with E-state index in [1.807, 2.05) is 18.3 Å². The quantitative estimate of drug-likeness (QED) is 0.781. The molecule has 0 saturated carbocycles. The molecule has 0 radical (unpaired) electrons. The molecule has 14 heavy (non-hydrogen) atoms. The highest BCUT2D eigenvalue weighted by atomic mass is 15.3. The van der Waals surface area contributed by atoms with Gasteiger partial charge in [-0.25, -0.2) is 4.68 Å². The first-order chi connectivity index (χ1) is 6.79. The van der Waals surface area contributed by atoms with E-state index in [2.05, 4.69) is 24.2 Å². The summed E-state index contributed by atoms with van der Waals surface area (Å²) < 4.78 is 1.77. The molecule has 1 aromatic heterocycles. The van der Waals surface area contributed by atoms with Crippen LogP contribution < -0.4 is 5.73 Å². The zero-order valence-electron chi connectivity index (χ0n) is 8.14. The summed E-state index contributed by atoms with van der Waals surface area (Å²) in [4.78, 5) is 0. The van der Waals surface area contributed by atoms with Gasteiger partial charge in [-0.05, 0) is 24.1 Å². The van der Waals surface area contributed by atoms with Crippen LogP contribution in [0.3, 0.4) is 0 Å². The molecular formula is C11H13N3. The first kappa shape index (κ1) is 8.81. The Hall–Kier alpha value is -1.77. The van der Waals surface area contributed by atoms with Crippen LogP contribution in [0.4, 0.5) is 5.82 Å². The third-order valence-corrected chi connectivity index (χ3v) is 2.22. The van der Waals surface area contributed by atoms with E-state index in [9.17, 15) is 0 Å². The molecule has 2 N–H and O–H groups in total. The fourth-order valence-corrected chi connectivity index (χ4v) is 1.37. The van der Waals surface area contributed by atoms with Crippen molar-refractivity contribution in [1.82, 2.24) is 9.78 Å². The van der Waals surface area contributed by atoms with Crippen LogP contribution in [0.5, 0.6) is 0 Å². The Labute approximate surface area is 83.2 Å². The number of nitrogens with zero attached hydrogens (tertiary/aromatic N) is 2. The zero-order valence-corrected chi connectivity index (χ0v) is 8.14. The molecule has 0 saturated heterocycles. The lowest BCUT2D eigenvalue weighted by atomic mass is 10.1. The Kier molecular flexibility index (Phi) is 2.23. The van der Waals surface area contributed by atoms with Crippen LogP contribution in [0, 0.1) is 0 Å². The maximum absolute atomic E-state index is 5.54. The fourth-order valence-electron chi connectivity index (χ4n) is 1.37. The lowest BCUT2D eigenvalue weighted by molar-refractivity contribution is 0.884. The molecule has 3 heteroatoms. The van der Waals surface area contributed by atoms with Gasteiger partial charge in [-0.3, -0.25) is 0 Å². The Morgan fingerprint density at radius 3 is 2.43 bits per heavy atom. The van der Waals surface area contributed by atoms with E-state index in [4.69, 9.17) is 5.73 Å². The summed E-state index contributed by atoms with van der Waals surface area (Å²) in [6.07, 6.45) is 2.91. The highest BCUT2D eigenvalue weighted by Crippen LogP contribution is 2.10. The number of hydrogen-bond donors (Lipinski definition) is 1. The summed E-state index contributed by atoms with van der Waals surface area (Å²) in [6, 6.07) is 10.1. The van der Waals surface area contributed by atoms with Gasteiger partial charge in [0.25, 0.3) is 0 Å². The van der Waals surface area contributed by atoms with E-state index in [1.165, 1.54) is 5.56 Å². The molecule has 2 rings (SSSR count). The van der Waals surface area contributed by atoms with E-state index < -0.39 is 0 Å². The fraction of sp³-hybridized carbons (Fsp3) is 0.182. The van der Waals surface area contributed by atoms with Gasteiger partial charge in [-0.15, -0.1) is 0 Å². The van der Waals surface area contributed by atoms with Gasteiger partial charge in [-0.2, -0.15) is 5.10 Å². The smallest absolute Gasteiger partial charge is 0.145 e. The first-order valence-corrected chi connectivity index (χ1v) is 4.70. The number of nitrogens with two attached hydrogens (primary N) is 1. The van der Waals surface area contributed by atoms with Gasteiger partial charge in [0.1, 0.15) is 5.82 Å². The van der Waals surface area contributed by atoms with E-state index >= 15 is 0 Å². The number of nitrogen functional groups attached to an aromatic ring is 1. The van der Waals surface area contributed by atoms with Crippen molar-refractivity contribution >= 4 is 5.82 Å². The number of hydrogen-bond acceptors (Lipinski definition) is 2. The summed E-state index contributed by atoms with van der Waals surface area (Å²) in [5.41, 5.74) is 7.91. The Balaban J connectivity index is 2.33. The Bertz CT molecular complexity index is 414. The molecule has 0 spiro atoms. The number of anilines is 1. The summed E-state index contributed by atoms with van der Waals surface area (Å²) in [5.74, 6) is 0.546. The Morgan fingerprint density at radius 1 is 1.21 bits per heavy atom. The molecule has 3 nitrogen and oxygen atoms in total. The van der Waals surface area contributed by atoms with Gasteiger partial charge < -0.3 is 5.73 Å². The lowest BCUT2D eigenvalue weighted by Gasteiger charge is -2.01. The van der Waals surface area contributed by atoms with Gasteiger partial charge in [-0.1, -0.05) is 19.1 Å². The van der Waals surface area contributed by atoms with Gasteiger partial charge in [0, 0.05) is 12.3 Å². The standard InChI is InChI=1S/C11H13N3/c1-2-9-3-5-10(6-4-9)14-8-7-11(12)13-14/h3-8H,2H2,1H3,(H2,12,13). The summed E-state index contributed by atoms with van der Waals surface area (Å²) in [5, 5.41) is 4.13. The molecule has 2 aromatic rings. The lowest BCUT2D eigenvalue weighted by Crippen LogP contribution is -1.96. The molecule has 0 aliphatic rings. The second-order valence-corrected chi connectivity index (χ2v) is 3.21. The maximum Gasteiger partial charge on any atom is 0.145 e. The molecule has 0 atom stereocenters. The van der Waals surface area contributed by atoms with E-state index in [0.717, 1.165) is 12.1 Å². The van der Waals surface area contributed by atoms with Crippen LogP contribution >= 0.6 is 0 Å². The number of aryl methyl sites for hydroxylation is 1. The van der Waals surface area contributed by atoms with E-state index in [0.29, 0.717) is 5.82 Å². The monoisotopic (exact) mass is 187 g/mol. The minimum atomic E-state index is 0.546. The molecule has 72 valence electrons. The largest absolute Gasteiger partial charge is 0.382 e. The third-order valence-electron chi connectivity index (χ3n) is 2.22. The van der Waals surface area contributed by atoms with Crippen LogP contribution in [-0.4, -0.2) is 9.78 Å². The number of benzene rings is 1. The minimum absolute atomic E-state index is 0.546. The molecular weight excluding hydrogens is 174 g/mol. The van der Waals surface area contributed by atoms with Gasteiger partial charge in [0.05, 0.1) is 5.69 Å². The highest BCUT2D eigenvalue weighted by molar-refractivity contribution is 5.36. The Morgan fingerprint density at radius 2 is 1.93 bits per heavy atom. The summed E-state index contributed by atoms with van der Waals surface area (Å²) >= 11 is 0. The second kappa shape index (κ2) is 3.54. The van der Waals surface area contributed by atoms with Crippen LogP contribution in [-0.2, 0) is 6.42 Å². The second-order valence-electron chi connectivity index (χ2n) is 3.21. The van der Waals surface area contributed by atoms with Crippen molar-refractivity contribution in [2.75, 3.05) is 5.73 Å². The molecule has 1 heterocycles. The van der Waals surface area contributed by atoms with Crippen molar-refractivity contribution in [3.8, 4) is 5.69 Å². The molecule has 0 unspecified atom stereocenters. The van der Waals surface area contributed by atoms with Crippen molar-refractivity contribution in [3.63, 3.8) is 0 Å². The predicted octanol–water partition coefficient (Wildman–Crippen LogP) is 2.02.